The van der Waals surface area contributed by atoms with Gasteiger partial charge >= 0.3 is 0 Å². The lowest BCUT2D eigenvalue weighted by Gasteiger charge is -2.20. The molecule has 0 aromatic carbocycles. The fourth-order valence-electron chi connectivity index (χ4n) is 1.35. The Bertz CT molecular complexity index is 426. The molecular weight excluding hydrogens is 216 g/mol. The molecule has 0 aliphatic rings. The fraction of sp³-hybridized carbons (Fsp3) is 0.625. The second-order valence-corrected chi connectivity index (χ2v) is 6.03. The van der Waals surface area contributed by atoms with Crippen molar-refractivity contribution in [3.63, 3.8) is 0 Å². The average molecular weight is 232 g/mol. The zero-order chi connectivity index (χ0) is 11.6. The molecule has 1 aromatic heterocycles. The van der Waals surface area contributed by atoms with Gasteiger partial charge in [0.1, 0.15) is 0 Å². The maximum Gasteiger partial charge on any atom is 0.151 e. The van der Waals surface area contributed by atoms with Crippen LogP contribution in [0.2, 0.25) is 0 Å². The molecule has 0 spiro atoms. The predicted molar refractivity (Wildman–Crippen MR) is 57.6 cm³/mol. The molecule has 0 amide bonds. The lowest BCUT2D eigenvalue weighted by atomic mass is 10.1. The fourth-order valence-corrected chi connectivity index (χ4v) is 2.08. The molecule has 15 heavy (non-hydrogen) atoms. The van der Waals surface area contributed by atoms with E-state index < -0.39 is 21.1 Å². The van der Waals surface area contributed by atoms with Crippen molar-refractivity contribution in [1.29, 1.82) is 0 Å². The topological polar surface area (TPSA) is 90.0 Å². The van der Waals surface area contributed by atoms with Crippen LogP contribution in [0.1, 0.15) is 18.5 Å². The van der Waals surface area contributed by atoms with Crippen LogP contribution >= 0.6 is 0 Å². The summed E-state index contributed by atoms with van der Waals surface area (Å²) in [6, 6.07) is -0.436. The summed E-state index contributed by atoms with van der Waals surface area (Å²) in [6.45, 7) is 1.62. The molecule has 2 atom stereocenters. The number of nitrogens with zero attached hydrogens (tertiary/aromatic N) is 2. The molecule has 1 rings (SSSR count). The third kappa shape index (κ3) is 2.77. The van der Waals surface area contributed by atoms with E-state index in [1.165, 1.54) is 6.26 Å². The van der Waals surface area contributed by atoms with E-state index in [0.717, 1.165) is 5.56 Å². The summed E-state index contributed by atoms with van der Waals surface area (Å²) in [7, 11) is -1.37. The van der Waals surface area contributed by atoms with E-state index in [-0.39, 0.29) is 0 Å². The second-order valence-electron chi connectivity index (χ2n) is 3.63. The monoisotopic (exact) mass is 232 g/mol. The Balaban J connectivity index is 2.99. The molecule has 6 nitrogen and oxygen atoms in total. The van der Waals surface area contributed by atoms with Gasteiger partial charge < -0.3 is 0 Å². The summed E-state index contributed by atoms with van der Waals surface area (Å²) >= 11 is 0. The molecule has 0 aliphatic carbocycles. The number of nitrogens with two attached hydrogens (primary N) is 1. The van der Waals surface area contributed by atoms with Gasteiger partial charge in [-0.1, -0.05) is 0 Å². The van der Waals surface area contributed by atoms with Gasteiger partial charge in [0.25, 0.3) is 0 Å². The first-order valence-corrected chi connectivity index (χ1v) is 6.45. The number of hydrogen-bond acceptors (Lipinski definition) is 5. The highest BCUT2D eigenvalue weighted by molar-refractivity contribution is 7.91. The minimum atomic E-state index is -3.13. The van der Waals surface area contributed by atoms with Crippen LogP contribution in [0.5, 0.6) is 0 Å². The lowest BCUT2D eigenvalue weighted by Crippen LogP contribution is -2.38. The summed E-state index contributed by atoms with van der Waals surface area (Å²) in [5.74, 6) is 5.36. The van der Waals surface area contributed by atoms with Crippen LogP contribution in [-0.4, -0.2) is 29.7 Å². The molecule has 0 radical (unpaired) electrons. The van der Waals surface area contributed by atoms with Gasteiger partial charge in [-0.05, 0) is 6.92 Å². The Morgan fingerprint density at radius 1 is 1.60 bits per heavy atom. The van der Waals surface area contributed by atoms with E-state index in [4.69, 9.17) is 5.84 Å². The number of nitrogens with one attached hydrogen (secondary N) is 1. The molecule has 1 heterocycles. The minimum absolute atomic E-state index is 0.436. The Labute approximate surface area is 89.3 Å². The standard InChI is InChI=1S/C8H16N4O2S/c1-6(15(3,13)14)8(11-9)7-4-10-12(2)5-7/h4-6,8,11H,9H2,1-3H3. The van der Waals surface area contributed by atoms with Crippen molar-refractivity contribution in [2.75, 3.05) is 6.26 Å². The third-order valence-corrected chi connectivity index (χ3v) is 4.03. The van der Waals surface area contributed by atoms with Crippen LogP contribution in [-0.2, 0) is 16.9 Å². The molecule has 3 N–H and O–H groups in total. The number of sulfone groups is 1. The Morgan fingerprint density at radius 3 is 2.53 bits per heavy atom. The number of hydrazine groups is 1. The van der Waals surface area contributed by atoms with Gasteiger partial charge in [0, 0.05) is 25.1 Å². The summed E-state index contributed by atoms with van der Waals surface area (Å²) < 4.78 is 24.4. The van der Waals surface area contributed by atoms with Crippen molar-refractivity contribution in [3.05, 3.63) is 18.0 Å². The zero-order valence-corrected chi connectivity index (χ0v) is 9.82. The molecule has 1 aromatic rings. The maximum absolute atomic E-state index is 11.4. The van der Waals surface area contributed by atoms with E-state index in [0.29, 0.717) is 0 Å². The number of aromatic nitrogens is 2. The van der Waals surface area contributed by atoms with E-state index in [2.05, 4.69) is 10.5 Å². The molecule has 7 heteroatoms. The number of rotatable bonds is 4. The highest BCUT2D eigenvalue weighted by Crippen LogP contribution is 2.19. The normalized spacial score (nSPS) is 16.3. The van der Waals surface area contributed by atoms with Gasteiger partial charge in [0.2, 0.25) is 0 Å². The van der Waals surface area contributed by atoms with Crippen molar-refractivity contribution in [2.45, 2.75) is 18.2 Å². The zero-order valence-electron chi connectivity index (χ0n) is 9.01. The van der Waals surface area contributed by atoms with Crippen molar-refractivity contribution >= 4 is 9.84 Å². The third-order valence-electron chi connectivity index (χ3n) is 2.41. The summed E-state index contributed by atoms with van der Waals surface area (Å²) in [5.41, 5.74) is 3.27. The maximum atomic E-state index is 11.4. The molecule has 0 aliphatic heterocycles. The van der Waals surface area contributed by atoms with Crippen LogP contribution in [0.3, 0.4) is 0 Å². The van der Waals surface area contributed by atoms with Crippen molar-refractivity contribution < 1.29 is 8.42 Å². The largest absolute Gasteiger partial charge is 0.275 e. The van der Waals surface area contributed by atoms with Gasteiger partial charge in [0.05, 0.1) is 17.5 Å². The minimum Gasteiger partial charge on any atom is -0.275 e. The van der Waals surface area contributed by atoms with E-state index >= 15 is 0 Å². The number of aryl methyl sites for hydroxylation is 1. The van der Waals surface area contributed by atoms with Crippen molar-refractivity contribution in [3.8, 4) is 0 Å². The lowest BCUT2D eigenvalue weighted by molar-refractivity contribution is 0.513. The van der Waals surface area contributed by atoms with Gasteiger partial charge in [-0.3, -0.25) is 16.0 Å². The van der Waals surface area contributed by atoms with Gasteiger partial charge in [-0.15, -0.1) is 0 Å². The summed E-state index contributed by atoms with van der Waals surface area (Å²) in [4.78, 5) is 0. The Kier molecular flexibility index (Phi) is 3.48. The second kappa shape index (κ2) is 4.30. The Hall–Kier alpha value is -0.920. The first-order chi connectivity index (χ1) is 6.86. The van der Waals surface area contributed by atoms with Crippen molar-refractivity contribution in [2.24, 2.45) is 12.9 Å². The van der Waals surface area contributed by atoms with E-state index in [1.54, 1.807) is 31.0 Å². The van der Waals surface area contributed by atoms with Crippen LogP contribution in [0.4, 0.5) is 0 Å². The van der Waals surface area contributed by atoms with E-state index in [9.17, 15) is 8.42 Å². The smallest absolute Gasteiger partial charge is 0.151 e. The highest BCUT2D eigenvalue weighted by atomic mass is 32.2. The average Bonchev–Trinajstić information content (AvgIpc) is 2.51. The first-order valence-electron chi connectivity index (χ1n) is 4.49. The summed E-state index contributed by atoms with van der Waals surface area (Å²) in [6.07, 6.45) is 4.54. The molecular formula is C8H16N4O2S. The number of hydrogen-bond donors (Lipinski definition) is 2. The van der Waals surface area contributed by atoms with Crippen LogP contribution in [0, 0.1) is 0 Å². The van der Waals surface area contributed by atoms with Gasteiger partial charge in [-0.25, -0.2) is 8.42 Å². The van der Waals surface area contributed by atoms with Gasteiger partial charge in [-0.2, -0.15) is 5.10 Å². The van der Waals surface area contributed by atoms with Crippen LogP contribution in [0.25, 0.3) is 0 Å². The summed E-state index contributed by atoms with van der Waals surface area (Å²) in [5, 5.41) is 3.39. The molecule has 86 valence electrons. The van der Waals surface area contributed by atoms with Gasteiger partial charge in [0.15, 0.2) is 9.84 Å². The quantitative estimate of drug-likeness (QED) is 0.532. The van der Waals surface area contributed by atoms with E-state index in [1.807, 2.05) is 0 Å². The Morgan fingerprint density at radius 2 is 2.20 bits per heavy atom. The highest BCUT2D eigenvalue weighted by Gasteiger charge is 2.27. The molecule has 0 saturated carbocycles. The first kappa shape index (κ1) is 12.2. The molecule has 0 saturated heterocycles. The van der Waals surface area contributed by atoms with Crippen molar-refractivity contribution in [1.82, 2.24) is 15.2 Å². The SMILES string of the molecule is CC(C(NN)c1cnn(C)c1)S(C)(=O)=O. The van der Waals surface area contributed by atoms with Crippen LogP contribution < -0.4 is 11.3 Å². The molecule has 2 unspecified atom stereocenters. The van der Waals surface area contributed by atoms with Crippen LogP contribution in [0.15, 0.2) is 12.4 Å². The molecule has 0 bridgehead atoms. The predicted octanol–water partition coefficient (Wildman–Crippen LogP) is -0.642. The molecule has 0 fully saturated rings.